The lowest BCUT2D eigenvalue weighted by Crippen LogP contribution is -2.17. The van der Waals surface area contributed by atoms with E-state index in [0.29, 0.717) is 0 Å². The summed E-state index contributed by atoms with van der Waals surface area (Å²) in [7, 11) is 0. The summed E-state index contributed by atoms with van der Waals surface area (Å²) >= 11 is 0. The maximum absolute atomic E-state index is 6.13. The molecule has 2 heterocycles. The van der Waals surface area contributed by atoms with Gasteiger partial charge in [-0.25, -0.2) is 0 Å². The Morgan fingerprint density at radius 2 is 1.59 bits per heavy atom. The molecule has 22 heavy (non-hydrogen) atoms. The molecule has 3 aromatic rings. The predicted molar refractivity (Wildman–Crippen MR) is 86.8 cm³/mol. The number of hydrogen-bond acceptors (Lipinski definition) is 2. The van der Waals surface area contributed by atoms with Crippen molar-refractivity contribution < 1.29 is 9.15 Å². The van der Waals surface area contributed by atoms with Crippen LogP contribution in [0.4, 0.5) is 0 Å². The highest BCUT2D eigenvalue weighted by atomic mass is 16.5. The summed E-state index contributed by atoms with van der Waals surface area (Å²) in [6.07, 6.45) is 0.874. The van der Waals surface area contributed by atoms with E-state index in [1.165, 1.54) is 16.7 Å². The number of benzene rings is 2. The van der Waals surface area contributed by atoms with Crippen LogP contribution in [0.5, 0.6) is 0 Å². The number of ether oxygens (including phenoxy) is 1. The van der Waals surface area contributed by atoms with E-state index in [0.717, 1.165) is 30.1 Å². The highest BCUT2D eigenvalue weighted by Crippen LogP contribution is 2.42. The fourth-order valence-corrected chi connectivity index (χ4v) is 3.24. The maximum Gasteiger partial charge on any atom is 0.140 e. The quantitative estimate of drug-likeness (QED) is 0.668. The van der Waals surface area contributed by atoms with E-state index in [-0.39, 0.29) is 6.10 Å². The van der Waals surface area contributed by atoms with Gasteiger partial charge in [-0.2, -0.15) is 0 Å². The molecular weight excluding hydrogens is 272 g/mol. The molecule has 0 aliphatic carbocycles. The van der Waals surface area contributed by atoms with Crippen molar-refractivity contribution in [2.45, 2.75) is 19.4 Å². The van der Waals surface area contributed by atoms with E-state index in [1.54, 1.807) is 0 Å². The first-order valence-electron chi connectivity index (χ1n) is 7.68. The third-order valence-corrected chi connectivity index (χ3v) is 4.29. The molecule has 2 heteroatoms. The Morgan fingerprint density at radius 3 is 2.32 bits per heavy atom. The zero-order valence-electron chi connectivity index (χ0n) is 12.6. The lowest BCUT2D eigenvalue weighted by atomic mass is 9.91. The Bertz CT molecular complexity index is 772. The third-order valence-electron chi connectivity index (χ3n) is 4.29. The van der Waals surface area contributed by atoms with E-state index < -0.39 is 0 Å². The molecule has 0 amide bonds. The van der Waals surface area contributed by atoms with Crippen molar-refractivity contribution in [1.82, 2.24) is 0 Å². The van der Waals surface area contributed by atoms with Gasteiger partial charge in [0, 0.05) is 16.7 Å². The lowest BCUT2D eigenvalue weighted by molar-refractivity contribution is 0.0705. The summed E-state index contributed by atoms with van der Waals surface area (Å²) in [4.78, 5) is 0. The van der Waals surface area contributed by atoms with Crippen molar-refractivity contribution in [3.05, 3.63) is 83.1 Å². The van der Waals surface area contributed by atoms with Gasteiger partial charge in [0.25, 0.3) is 0 Å². The lowest BCUT2D eigenvalue weighted by Gasteiger charge is -2.24. The topological polar surface area (TPSA) is 22.4 Å². The number of aryl methyl sites for hydroxylation is 1. The molecule has 2 aromatic carbocycles. The molecule has 0 spiro atoms. The molecule has 0 fully saturated rings. The highest BCUT2D eigenvalue weighted by Gasteiger charge is 2.30. The molecule has 1 aliphatic rings. The first-order chi connectivity index (χ1) is 10.8. The van der Waals surface area contributed by atoms with Crippen LogP contribution in [-0.2, 0) is 11.2 Å². The number of fused-ring (bicyclic) bond motifs is 1. The SMILES string of the molecule is Cc1oc(-c2ccccc2)c2c1CCOC2c1ccccc1. The Hall–Kier alpha value is -2.32. The van der Waals surface area contributed by atoms with Gasteiger partial charge >= 0.3 is 0 Å². The van der Waals surface area contributed by atoms with Crippen molar-refractivity contribution in [3.8, 4) is 11.3 Å². The summed E-state index contributed by atoms with van der Waals surface area (Å²) in [5, 5.41) is 0. The van der Waals surface area contributed by atoms with Crippen molar-refractivity contribution in [2.75, 3.05) is 6.61 Å². The maximum atomic E-state index is 6.13. The Morgan fingerprint density at radius 1 is 0.909 bits per heavy atom. The first-order valence-corrected chi connectivity index (χ1v) is 7.68. The average molecular weight is 290 g/mol. The van der Waals surface area contributed by atoms with Crippen molar-refractivity contribution >= 4 is 0 Å². The van der Waals surface area contributed by atoms with Gasteiger partial charge in [-0.1, -0.05) is 60.7 Å². The minimum atomic E-state index is -0.0439. The minimum absolute atomic E-state index is 0.0439. The second-order valence-electron chi connectivity index (χ2n) is 5.66. The van der Waals surface area contributed by atoms with Crippen LogP contribution in [0.3, 0.4) is 0 Å². The molecule has 4 rings (SSSR count). The Kier molecular flexibility index (Phi) is 3.32. The van der Waals surface area contributed by atoms with Crippen LogP contribution in [0.15, 0.2) is 65.1 Å². The second-order valence-corrected chi connectivity index (χ2v) is 5.66. The van der Waals surface area contributed by atoms with Crippen LogP contribution in [-0.4, -0.2) is 6.61 Å². The van der Waals surface area contributed by atoms with Crippen molar-refractivity contribution in [1.29, 1.82) is 0 Å². The Labute approximate surface area is 130 Å². The minimum Gasteiger partial charge on any atom is -0.461 e. The van der Waals surface area contributed by atoms with E-state index >= 15 is 0 Å². The summed E-state index contributed by atoms with van der Waals surface area (Å²) in [6.45, 7) is 2.79. The molecule has 0 N–H and O–H groups in total. The van der Waals surface area contributed by atoms with E-state index in [1.807, 2.05) is 24.3 Å². The van der Waals surface area contributed by atoms with Crippen molar-refractivity contribution in [3.63, 3.8) is 0 Å². The molecule has 0 saturated heterocycles. The van der Waals surface area contributed by atoms with Crippen molar-refractivity contribution in [2.24, 2.45) is 0 Å². The molecule has 2 nitrogen and oxygen atoms in total. The summed E-state index contributed by atoms with van der Waals surface area (Å²) < 4.78 is 12.2. The number of hydrogen-bond donors (Lipinski definition) is 0. The Balaban J connectivity index is 1.90. The van der Waals surface area contributed by atoms with Gasteiger partial charge in [0.2, 0.25) is 0 Å². The molecule has 0 bridgehead atoms. The van der Waals surface area contributed by atoms with Gasteiger partial charge in [0.05, 0.1) is 6.61 Å². The first kappa shape index (κ1) is 13.4. The molecule has 1 unspecified atom stereocenters. The molecule has 0 saturated carbocycles. The fourth-order valence-electron chi connectivity index (χ4n) is 3.24. The van der Waals surface area contributed by atoms with Crippen LogP contribution in [0, 0.1) is 6.92 Å². The van der Waals surface area contributed by atoms with Gasteiger partial charge < -0.3 is 9.15 Å². The van der Waals surface area contributed by atoms with E-state index in [4.69, 9.17) is 9.15 Å². The van der Waals surface area contributed by atoms with Gasteiger partial charge in [-0.05, 0) is 18.9 Å². The third kappa shape index (κ3) is 2.16. The zero-order chi connectivity index (χ0) is 14.9. The summed E-state index contributed by atoms with van der Waals surface area (Å²) in [6, 6.07) is 20.7. The molecule has 0 radical (unpaired) electrons. The van der Waals surface area contributed by atoms with Gasteiger partial charge in [-0.15, -0.1) is 0 Å². The monoisotopic (exact) mass is 290 g/mol. The fraction of sp³-hybridized carbons (Fsp3) is 0.200. The number of rotatable bonds is 2. The highest BCUT2D eigenvalue weighted by molar-refractivity contribution is 5.66. The van der Waals surface area contributed by atoms with Gasteiger partial charge in [-0.3, -0.25) is 0 Å². The van der Waals surface area contributed by atoms with Crippen LogP contribution >= 0.6 is 0 Å². The average Bonchev–Trinajstić information content (AvgIpc) is 2.94. The number of furan rings is 1. The molecule has 1 aromatic heterocycles. The largest absolute Gasteiger partial charge is 0.461 e. The standard InChI is InChI=1S/C20H18O2/c1-14-17-12-13-21-19(15-8-4-2-5-9-15)18(17)20(22-14)16-10-6-3-7-11-16/h2-11,19H,12-13H2,1H3. The van der Waals surface area contributed by atoms with Gasteiger partial charge in [0.15, 0.2) is 0 Å². The summed E-state index contributed by atoms with van der Waals surface area (Å²) in [5.41, 5.74) is 4.79. The van der Waals surface area contributed by atoms with Crippen LogP contribution in [0.1, 0.15) is 28.6 Å². The van der Waals surface area contributed by atoms with Crippen LogP contribution in [0.25, 0.3) is 11.3 Å². The van der Waals surface area contributed by atoms with Crippen LogP contribution in [0.2, 0.25) is 0 Å². The molecule has 1 atom stereocenters. The van der Waals surface area contributed by atoms with Gasteiger partial charge in [0.1, 0.15) is 17.6 Å². The normalized spacial score (nSPS) is 17.2. The molecule has 1 aliphatic heterocycles. The zero-order valence-corrected chi connectivity index (χ0v) is 12.6. The molecule has 110 valence electrons. The van der Waals surface area contributed by atoms with E-state index in [2.05, 4.69) is 43.3 Å². The molecular formula is C20H18O2. The van der Waals surface area contributed by atoms with Crippen LogP contribution < -0.4 is 0 Å². The predicted octanol–water partition coefficient (Wildman–Crippen LogP) is 4.92. The second kappa shape index (κ2) is 5.47. The summed E-state index contributed by atoms with van der Waals surface area (Å²) in [5.74, 6) is 1.96. The smallest absolute Gasteiger partial charge is 0.140 e. The van der Waals surface area contributed by atoms with E-state index in [9.17, 15) is 0 Å².